The highest BCUT2D eigenvalue weighted by Gasteiger charge is 1.94. The molecule has 0 amide bonds. The Balaban J connectivity index is 3.12. The van der Waals surface area contributed by atoms with Crippen LogP contribution in [-0.2, 0) is 6.42 Å². The summed E-state index contributed by atoms with van der Waals surface area (Å²) in [7, 11) is 2.14. The maximum Gasteiger partial charge on any atom is 0.139 e. The number of aryl methyl sites for hydroxylation is 1. The van der Waals surface area contributed by atoms with Gasteiger partial charge in [-0.05, 0) is 12.0 Å². The Morgan fingerprint density at radius 1 is 1.55 bits per heavy atom. The molecule has 0 unspecified atom stereocenters. The van der Waals surface area contributed by atoms with E-state index in [9.17, 15) is 0 Å². The van der Waals surface area contributed by atoms with Crippen LogP contribution in [-0.4, -0.2) is 7.85 Å². The summed E-state index contributed by atoms with van der Waals surface area (Å²) in [5.74, 6) is 0. The van der Waals surface area contributed by atoms with Crippen LogP contribution in [0.25, 0.3) is 6.08 Å². The van der Waals surface area contributed by atoms with Gasteiger partial charge in [0, 0.05) is 0 Å². The van der Waals surface area contributed by atoms with Gasteiger partial charge in [-0.15, -0.1) is 0 Å². The Bertz CT molecular complexity index is 264. The zero-order valence-corrected chi connectivity index (χ0v) is 7.22. The highest BCUT2D eigenvalue weighted by atomic mass is 14.0. The van der Waals surface area contributed by atoms with E-state index in [1.54, 1.807) is 0 Å². The average molecular weight is 144 g/mol. The normalized spacial score (nSPS) is 9.55. The summed E-state index contributed by atoms with van der Waals surface area (Å²) in [6.07, 6.45) is 2.99. The first-order valence-corrected chi connectivity index (χ1v) is 4.00. The fourth-order valence-electron chi connectivity index (χ4n) is 1.20. The van der Waals surface area contributed by atoms with Gasteiger partial charge in [0.2, 0.25) is 0 Å². The number of hydrogen-bond acceptors (Lipinski definition) is 0. The highest BCUT2D eigenvalue weighted by Crippen LogP contribution is 2.03. The Morgan fingerprint density at radius 3 is 2.82 bits per heavy atom. The second-order valence-electron chi connectivity index (χ2n) is 2.74. The lowest BCUT2D eigenvalue weighted by molar-refractivity contribution is 1.15. The molecule has 0 atom stereocenters. The van der Waals surface area contributed by atoms with Gasteiger partial charge in [0.1, 0.15) is 7.85 Å². The van der Waals surface area contributed by atoms with Gasteiger partial charge in [-0.1, -0.05) is 48.8 Å². The predicted octanol–water partition coefficient (Wildman–Crippen LogP) is 1.15. The average Bonchev–Trinajstić information content (AvgIpc) is 2.05. The highest BCUT2D eigenvalue weighted by molar-refractivity contribution is 6.33. The van der Waals surface area contributed by atoms with Crippen LogP contribution in [0.3, 0.4) is 0 Å². The zero-order chi connectivity index (χ0) is 8.27. The minimum atomic E-state index is 1.10. The Labute approximate surface area is 69.4 Å². The van der Waals surface area contributed by atoms with Gasteiger partial charge in [-0.3, -0.25) is 0 Å². The van der Waals surface area contributed by atoms with Crippen molar-refractivity contribution in [2.45, 2.75) is 13.3 Å². The van der Waals surface area contributed by atoms with E-state index in [2.05, 4.69) is 39.5 Å². The van der Waals surface area contributed by atoms with Crippen LogP contribution in [0.5, 0.6) is 0 Å². The minimum Gasteiger partial charge on any atom is -0.0985 e. The van der Waals surface area contributed by atoms with Gasteiger partial charge in [-0.25, -0.2) is 0 Å². The number of rotatable bonds is 2. The maximum atomic E-state index is 3.74. The van der Waals surface area contributed by atoms with Crippen molar-refractivity contribution in [3.05, 3.63) is 35.9 Å². The molecule has 0 fully saturated rings. The SMILES string of the molecule is Bc1ccc(C=C)cc1CC. The second kappa shape index (κ2) is 3.43. The van der Waals surface area contributed by atoms with Crippen LogP contribution < -0.4 is 5.46 Å². The van der Waals surface area contributed by atoms with E-state index in [1.807, 2.05) is 6.08 Å². The molecular formula is C10H13B. The molecule has 0 aliphatic rings. The molecule has 0 heterocycles. The molecule has 0 nitrogen and oxygen atoms in total. The first-order chi connectivity index (χ1) is 5.27. The quantitative estimate of drug-likeness (QED) is 0.546. The van der Waals surface area contributed by atoms with Crippen molar-refractivity contribution < 1.29 is 0 Å². The summed E-state index contributed by atoms with van der Waals surface area (Å²) in [5.41, 5.74) is 4.01. The van der Waals surface area contributed by atoms with Crippen molar-refractivity contribution in [3.8, 4) is 0 Å². The van der Waals surface area contributed by atoms with Crippen molar-refractivity contribution in [2.24, 2.45) is 0 Å². The third-order valence-electron chi connectivity index (χ3n) is 1.99. The molecule has 0 spiro atoms. The molecule has 1 aromatic rings. The molecule has 0 aliphatic carbocycles. The van der Waals surface area contributed by atoms with Crippen LogP contribution in [0.15, 0.2) is 24.8 Å². The van der Waals surface area contributed by atoms with E-state index < -0.39 is 0 Å². The zero-order valence-electron chi connectivity index (χ0n) is 7.22. The molecule has 1 aromatic carbocycles. The molecule has 0 bridgehead atoms. The van der Waals surface area contributed by atoms with Gasteiger partial charge < -0.3 is 0 Å². The van der Waals surface area contributed by atoms with E-state index in [1.165, 1.54) is 16.6 Å². The Morgan fingerprint density at radius 2 is 2.27 bits per heavy atom. The number of hydrogen-bond donors (Lipinski definition) is 0. The van der Waals surface area contributed by atoms with Crippen LogP contribution in [0.4, 0.5) is 0 Å². The molecule has 0 radical (unpaired) electrons. The second-order valence-corrected chi connectivity index (χ2v) is 2.74. The largest absolute Gasteiger partial charge is 0.139 e. The number of benzene rings is 1. The summed E-state index contributed by atoms with van der Waals surface area (Å²) in [5, 5.41) is 0. The van der Waals surface area contributed by atoms with Crippen LogP contribution >= 0.6 is 0 Å². The van der Waals surface area contributed by atoms with Gasteiger partial charge in [0.15, 0.2) is 0 Å². The lowest BCUT2D eigenvalue weighted by atomic mass is 9.88. The molecule has 0 aromatic heterocycles. The predicted molar refractivity (Wildman–Crippen MR) is 54.1 cm³/mol. The van der Waals surface area contributed by atoms with Crippen molar-refractivity contribution in [1.29, 1.82) is 0 Å². The molecule has 1 heteroatoms. The molecule has 1 rings (SSSR count). The molecule has 56 valence electrons. The molecule has 0 aliphatic heterocycles. The molecule has 11 heavy (non-hydrogen) atoms. The smallest absolute Gasteiger partial charge is 0.0985 e. The Kier molecular flexibility index (Phi) is 2.53. The fourth-order valence-corrected chi connectivity index (χ4v) is 1.20. The molecule has 0 saturated carbocycles. The summed E-state index contributed by atoms with van der Waals surface area (Å²) >= 11 is 0. The molecule has 0 saturated heterocycles. The maximum absolute atomic E-state index is 3.74. The van der Waals surface area contributed by atoms with E-state index in [4.69, 9.17) is 0 Å². The third kappa shape index (κ3) is 1.73. The lowest BCUT2D eigenvalue weighted by Crippen LogP contribution is -2.08. The van der Waals surface area contributed by atoms with Crippen LogP contribution in [0, 0.1) is 0 Å². The minimum absolute atomic E-state index is 1.10. The van der Waals surface area contributed by atoms with Crippen LogP contribution in [0.2, 0.25) is 0 Å². The fraction of sp³-hybridized carbons (Fsp3) is 0.200. The van der Waals surface area contributed by atoms with Gasteiger partial charge >= 0.3 is 0 Å². The summed E-state index contributed by atoms with van der Waals surface area (Å²) in [6, 6.07) is 6.44. The third-order valence-corrected chi connectivity index (χ3v) is 1.99. The first-order valence-electron chi connectivity index (χ1n) is 4.00. The van der Waals surface area contributed by atoms with Crippen LogP contribution in [0.1, 0.15) is 18.1 Å². The Hall–Kier alpha value is -0.975. The monoisotopic (exact) mass is 144 g/mol. The van der Waals surface area contributed by atoms with Crippen molar-refractivity contribution in [2.75, 3.05) is 0 Å². The van der Waals surface area contributed by atoms with E-state index in [-0.39, 0.29) is 0 Å². The van der Waals surface area contributed by atoms with Gasteiger partial charge in [0.05, 0.1) is 0 Å². The lowest BCUT2D eigenvalue weighted by Gasteiger charge is -2.03. The topological polar surface area (TPSA) is 0 Å². The van der Waals surface area contributed by atoms with Crippen molar-refractivity contribution in [1.82, 2.24) is 0 Å². The van der Waals surface area contributed by atoms with E-state index >= 15 is 0 Å². The van der Waals surface area contributed by atoms with Gasteiger partial charge in [-0.2, -0.15) is 0 Å². The summed E-state index contributed by atoms with van der Waals surface area (Å²) < 4.78 is 0. The van der Waals surface area contributed by atoms with Crippen molar-refractivity contribution in [3.63, 3.8) is 0 Å². The summed E-state index contributed by atoms with van der Waals surface area (Å²) in [6.45, 7) is 5.91. The van der Waals surface area contributed by atoms with E-state index in [0.29, 0.717) is 0 Å². The molecule has 0 N–H and O–H groups in total. The van der Waals surface area contributed by atoms with E-state index in [0.717, 1.165) is 6.42 Å². The standard InChI is InChI=1S/C10H13B/c1-3-8-5-6-10(11)9(4-2)7-8/h3,5-7H,1,4,11H2,2H3. The summed E-state index contributed by atoms with van der Waals surface area (Å²) in [4.78, 5) is 0. The van der Waals surface area contributed by atoms with Crippen molar-refractivity contribution >= 4 is 19.4 Å². The molecular weight excluding hydrogens is 131 g/mol. The first kappa shape index (κ1) is 8.12. The van der Waals surface area contributed by atoms with Gasteiger partial charge in [0.25, 0.3) is 0 Å².